The van der Waals surface area contributed by atoms with Crippen molar-refractivity contribution in [2.24, 2.45) is 17.1 Å². The molecule has 4 rings (SSSR count). The molecule has 2 amide bonds. The molecule has 0 spiro atoms. The van der Waals surface area contributed by atoms with Gasteiger partial charge in [0.1, 0.15) is 11.6 Å². The van der Waals surface area contributed by atoms with Crippen LogP contribution >= 0.6 is 0 Å². The van der Waals surface area contributed by atoms with Gasteiger partial charge in [0.25, 0.3) is 0 Å². The van der Waals surface area contributed by atoms with E-state index >= 15 is 0 Å². The molecule has 42 heavy (non-hydrogen) atoms. The maximum absolute atomic E-state index is 14.0. The minimum Gasteiger partial charge on any atom is -0.390 e. The number of carbonyl (C=O) groups is 2. The normalized spacial score (nSPS) is 20.8. The summed E-state index contributed by atoms with van der Waals surface area (Å²) in [4.78, 5) is 26.6. The Morgan fingerprint density at radius 1 is 1.05 bits per heavy atom. The predicted molar refractivity (Wildman–Crippen MR) is 160 cm³/mol. The SMILES string of the molecule is CCc1cccc(CNC[C@@H](O)[C@H](Cc2cc(F)cc(F)c2)NC(=O)C2=CC(C)=CC(C(N)=O)(C3CCCCC3)C2)c1. The largest absolute Gasteiger partial charge is 0.390 e. The van der Waals surface area contributed by atoms with Crippen LogP contribution in [0.3, 0.4) is 0 Å². The van der Waals surface area contributed by atoms with Gasteiger partial charge in [-0.25, -0.2) is 8.78 Å². The number of nitrogens with one attached hydrogen (secondary N) is 2. The summed E-state index contributed by atoms with van der Waals surface area (Å²) >= 11 is 0. The zero-order valence-electron chi connectivity index (χ0n) is 24.6. The number of hydrogen-bond acceptors (Lipinski definition) is 4. The van der Waals surface area contributed by atoms with E-state index in [4.69, 9.17) is 5.73 Å². The summed E-state index contributed by atoms with van der Waals surface area (Å²) in [5.41, 5.74) is 8.84. The molecule has 2 aromatic carbocycles. The van der Waals surface area contributed by atoms with Crippen molar-refractivity contribution < 1.29 is 23.5 Å². The second-order valence-corrected chi connectivity index (χ2v) is 11.9. The van der Waals surface area contributed by atoms with Crippen LogP contribution in [0.15, 0.2) is 65.8 Å². The Balaban J connectivity index is 1.51. The maximum Gasteiger partial charge on any atom is 0.247 e. The molecule has 0 saturated heterocycles. The van der Waals surface area contributed by atoms with E-state index in [0.717, 1.165) is 55.7 Å². The lowest BCUT2D eigenvalue weighted by atomic mass is 9.63. The summed E-state index contributed by atoms with van der Waals surface area (Å²) in [5.74, 6) is -2.26. The third-order valence-corrected chi connectivity index (χ3v) is 8.70. The quantitative estimate of drug-likeness (QED) is 0.283. The summed E-state index contributed by atoms with van der Waals surface area (Å²) < 4.78 is 28.0. The smallest absolute Gasteiger partial charge is 0.247 e. The molecule has 2 aromatic rings. The molecule has 1 saturated carbocycles. The second kappa shape index (κ2) is 14.2. The Morgan fingerprint density at radius 3 is 2.40 bits per heavy atom. The molecule has 0 bridgehead atoms. The molecule has 1 fully saturated rings. The average molecular weight is 580 g/mol. The minimum absolute atomic E-state index is 0.0142. The lowest BCUT2D eigenvalue weighted by Crippen LogP contribution is -2.50. The van der Waals surface area contributed by atoms with Crippen molar-refractivity contribution in [3.63, 3.8) is 0 Å². The van der Waals surface area contributed by atoms with Crippen LogP contribution in [0, 0.1) is 23.0 Å². The Hall–Kier alpha value is -3.36. The third-order valence-electron chi connectivity index (χ3n) is 8.70. The number of aliphatic hydroxyl groups is 1. The Morgan fingerprint density at radius 2 is 1.74 bits per heavy atom. The van der Waals surface area contributed by atoms with Gasteiger partial charge in [0.2, 0.25) is 11.8 Å². The highest BCUT2D eigenvalue weighted by atomic mass is 19.1. The van der Waals surface area contributed by atoms with E-state index in [9.17, 15) is 23.5 Å². The van der Waals surface area contributed by atoms with Crippen molar-refractivity contribution in [3.05, 3.63) is 94.1 Å². The van der Waals surface area contributed by atoms with Crippen molar-refractivity contribution in [2.75, 3.05) is 6.54 Å². The van der Waals surface area contributed by atoms with Crippen molar-refractivity contribution in [1.82, 2.24) is 10.6 Å². The van der Waals surface area contributed by atoms with E-state index < -0.39 is 41.0 Å². The number of aryl methyl sites for hydroxylation is 1. The lowest BCUT2D eigenvalue weighted by molar-refractivity contribution is -0.129. The van der Waals surface area contributed by atoms with Gasteiger partial charge in [-0.2, -0.15) is 0 Å². The van der Waals surface area contributed by atoms with Gasteiger partial charge in [-0.1, -0.05) is 68.2 Å². The molecule has 0 radical (unpaired) electrons. The standard InChI is InChI=1S/C34H43F2N3O3/c1-3-23-8-7-9-24(13-23)20-38-21-31(40)30(16-25-14-28(35)17-29(36)15-25)39-32(41)26-12-22(2)18-34(19-26,33(37)42)27-10-5-4-6-11-27/h7-9,12-15,17-18,27,30-31,38,40H,3-6,10-11,16,19-21H2,1-2H3,(H2,37,42)(H,39,41)/t30-,31+,34?/m0/s1. The van der Waals surface area contributed by atoms with Gasteiger partial charge in [-0.15, -0.1) is 0 Å². The lowest BCUT2D eigenvalue weighted by Gasteiger charge is -2.41. The fourth-order valence-corrected chi connectivity index (χ4v) is 6.52. The number of rotatable bonds is 12. The zero-order valence-corrected chi connectivity index (χ0v) is 24.6. The van der Waals surface area contributed by atoms with Gasteiger partial charge in [0.05, 0.1) is 17.6 Å². The van der Waals surface area contributed by atoms with Gasteiger partial charge >= 0.3 is 0 Å². The highest BCUT2D eigenvalue weighted by molar-refractivity contribution is 5.97. The van der Waals surface area contributed by atoms with Crippen molar-refractivity contribution in [2.45, 2.75) is 83.9 Å². The van der Waals surface area contributed by atoms with Crippen LogP contribution < -0.4 is 16.4 Å². The number of aliphatic hydroxyl groups excluding tert-OH is 1. The van der Waals surface area contributed by atoms with Gasteiger partial charge in [-0.3, -0.25) is 9.59 Å². The molecule has 6 nitrogen and oxygen atoms in total. The number of hydrogen-bond donors (Lipinski definition) is 4. The predicted octanol–water partition coefficient (Wildman–Crippen LogP) is 5.03. The first-order valence-corrected chi connectivity index (χ1v) is 15.0. The third kappa shape index (κ3) is 7.92. The Labute approximate surface area is 247 Å². The maximum atomic E-state index is 14.0. The number of halogens is 2. The first-order chi connectivity index (χ1) is 20.1. The zero-order chi connectivity index (χ0) is 30.3. The van der Waals surface area contributed by atoms with E-state index in [2.05, 4.69) is 29.7 Å². The topological polar surface area (TPSA) is 104 Å². The number of primary amides is 1. The van der Waals surface area contributed by atoms with Crippen molar-refractivity contribution in [1.29, 1.82) is 0 Å². The average Bonchev–Trinajstić information content (AvgIpc) is 2.96. The highest BCUT2D eigenvalue weighted by Gasteiger charge is 2.45. The van der Waals surface area contributed by atoms with Crippen LogP contribution in [0.5, 0.6) is 0 Å². The Bertz CT molecular complexity index is 1310. The van der Waals surface area contributed by atoms with E-state index in [0.29, 0.717) is 17.7 Å². The minimum atomic E-state index is -1.06. The first kappa shape index (κ1) is 31.6. The highest BCUT2D eigenvalue weighted by Crippen LogP contribution is 2.46. The van der Waals surface area contributed by atoms with Gasteiger partial charge in [-0.05, 0) is 73.8 Å². The number of benzene rings is 2. The van der Waals surface area contributed by atoms with Crippen LogP contribution in [-0.2, 0) is 29.0 Å². The molecule has 3 atom stereocenters. The molecule has 8 heteroatoms. The fourth-order valence-electron chi connectivity index (χ4n) is 6.52. The molecule has 0 aliphatic heterocycles. The first-order valence-electron chi connectivity index (χ1n) is 15.0. The molecule has 2 aliphatic rings. The number of nitrogens with two attached hydrogens (primary N) is 1. The van der Waals surface area contributed by atoms with E-state index in [1.54, 1.807) is 6.08 Å². The van der Waals surface area contributed by atoms with Gasteiger partial charge < -0.3 is 21.5 Å². The van der Waals surface area contributed by atoms with Crippen LogP contribution in [0.25, 0.3) is 0 Å². The van der Waals surface area contributed by atoms with E-state index in [1.807, 2.05) is 25.1 Å². The molecule has 226 valence electrons. The van der Waals surface area contributed by atoms with Crippen molar-refractivity contribution >= 4 is 11.8 Å². The second-order valence-electron chi connectivity index (χ2n) is 11.9. The molecule has 5 N–H and O–H groups in total. The molecular weight excluding hydrogens is 536 g/mol. The van der Waals surface area contributed by atoms with Crippen LogP contribution in [0.4, 0.5) is 8.78 Å². The van der Waals surface area contributed by atoms with Crippen LogP contribution in [0.1, 0.15) is 69.1 Å². The fraction of sp³-hybridized carbons (Fsp3) is 0.471. The van der Waals surface area contributed by atoms with Crippen LogP contribution in [0.2, 0.25) is 0 Å². The monoisotopic (exact) mass is 579 g/mol. The number of allylic oxidation sites excluding steroid dienone is 2. The molecule has 0 aromatic heterocycles. The van der Waals surface area contributed by atoms with Gasteiger partial charge in [0.15, 0.2) is 0 Å². The molecule has 0 heterocycles. The number of carbonyl (C=O) groups excluding carboxylic acids is 2. The van der Waals surface area contributed by atoms with Gasteiger partial charge in [0, 0.05) is 24.7 Å². The summed E-state index contributed by atoms with van der Waals surface area (Å²) in [6, 6.07) is 10.5. The molecule has 1 unspecified atom stereocenters. The van der Waals surface area contributed by atoms with Crippen LogP contribution in [-0.4, -0.2) is 35.6 Å². The summed E-state index contributed by atoms with van der Waals surface area (Å²) in [7, 11) is 0. The summed E-state index contributed by atoms with van der Waals surface area (Å²) in [6.07, 6.45) is 8.63. The Kier molecular flexibility index (Phi) is 10.7. The van der Waals surface area contributed by atoms with E-state index in [-0.39, 0.29) is 25.3 Å². The van der Waals surface area contributed by atoms with E-state index in [1.165, 1.54) is 17.7 Å². The molecule has 2 aliphatic carbocycles. The van der Waals surface area contributed by atoms with Crippen molar-refractivity contribution in [3.8, 4) is 0 Å². The number of amides is 2. The summed E-state index contributed by atoms with van der Waals surface area (Å²) in [5, 5.41) is 17.4. The molecular formula is C34H43F2N3O3. The summed E-state index contributed by atoms with van der Waals surface area (Å²) in [6.45, 7) is 4.59.